The second kappa shape index (κ2) is 3.72. The van der Waals surface area contributed by atoms with E-state index < -0.39 is 0 Å². The van der Waals surface area contributed by atoms with Gasteiger partial charge in [0, 0.05) is 0 Å². The molecule has 0 fully saturated rings. The zero-order valence-electron chi connectivity index (χ0n) is 6.93. The van der Waals surface area contributed by atoms with Crippen molar-refractivity contribution in [2.45, 2.75) is 13.8 Å². The lowest BCUT2D eigenvalue weighted by molar-refractivity contribution is 0.0781. The number of carbonyl (C=O) groups excluding carboxylic acids is 1. The molecule has 1 aromatic rings. The third-order valence-electron chi connectivity index (χ3n) is 1.53. The van der Waals surface area contributed by atoms with Crippen LogP contribution in [0.1, 0.15) is 21.5 Å². The van der Waals surface area contributed by atoms with Crippen molar-refractivity contribution in [3.8, 4) is 0 Å². The first-order valence-corrected chi connectivity index (χ1v) is 4.19. The Bertz CT molecular complexity index is 287. The zero-order chi connectivity index (χ0) is 9.14. The summed E-state index contributed by atoms with van der Waals surface area (Å²) in [5.74, 6) is -0.359. The Morgan fingerprint density at radius 1 is 1.25 bits per heavy atom. The highest BCUT2D eigenvalue weighted by Crippen LogP contribution is 2.10. The van der Waals surface area contributed by atoms with Crippen molar-refractivity contribution in [1.29, 1.82) is 0 Å². The molecule has 1 rings (SSSR count). The van der Waals surface area contributed by atoms with Crippen LogP contribution in [-0.4, -0.2) is 5.97 Å². The molecule has 0 unspecified atom stereocenters. The van der Waals surface area contributed by atoms with E-state index in [0.717, 1.165) is 11.1 Å². The Morgan fingerprint density at radius 2 is 1.75 bits per heavy atom. The Kier molecular flexibility index (Phi) is 2.87. The van der Waals surface area contributed by atoms with Crippen LogP contribution in [-0.2, 0) is 3.83 Å². The predicted octanol–water partition coefficient (Wildman–Crippen LogP) is 2.77. The molecule has 0 bridgehead atoms. The SMILES string of the molecule is Cc1cc(C)cc(C(=O)OBr)c1. The van der Waals surface area contributed by atoms with Crippen LogP contribution in [0.5, 0.6) is 0 Å². The van der Waals surface area contributed by atoms with Gasteiger partial charge in [0.25, 0.3) is 0 Å². The van der Waals surface area contributed by atoms with Crippen molar-refractivity contribution in [3.63, 3.8) is 0 Å². The van der Waals surface area contributed by atoms with Gasteiger partial charge in [-0.15, -0.1) is 0 Å². The van der Waals surface area contributed by atoms with Crippen LogP contribution in [0.25, 0.3) is 0 Å². The van der Waals surface area contributed by atoms with Gasteiger partial charge in [0.1, 0.15) is 0 Å². The normalized spacial score (nSPS) is 9.58. The van der Waals surface area contributed by atoms with Crippen LogP contribution in [0.2, 0.25) is 0 Å². The lowest BCUT2D eigenvalue weighted by Crippen LogP contribution is -1.98. The molecule has 0 radical (unpaired) electrons. The van der Waals surface area contributed by atoms with Gasteiger partial charge in [-0.2, -0.15) is 0 Å². The highest BCUT2D eigenvalue weighted by molar-refractivity contribution is 9.06. The number of rotatable bonds is 1. The number of hydrogen-bond acceptors (Lipinski definition) is 2. The van der Waals surface area contributed by atoms with Gasteiger partial charge in [-0.3, -0.25) is 0 Å². The van der Waals surface area contributed by atoms with Crippen LogP contribution >= 0.6 is 16.3 Å². The lowest BCUT2D eigenvalue weighted by Gasteiger charge is -2.00. The molecule has 0 saturated carbocycles. The van der Waals surface area contributed by atoms with E-state index in [2.05, 4.69) is 20.1 Å². The van der Waals surface area contributed by atoms with Crippen LogP contribution in [0.3, 0.4) is 0 Å². The Hall–Kier alpha value is -0.830. The summed E-state index contributed by atoms with van der Waals surface area (Å²) in [6.45, 7) is 3.88. The summed E-state index contributed by atoms with van der Waals surface area (Å²) < 4.78 is 4.42. The van der Waals surface area contributed by atoms with Gasteiger partial charge in [0.2, 0.25) is 0 Å². The second-order valence-electron chi connectivity index (χ2n) is 2.74. The largest absolute Gasteiger partial charge is 0.380 e. The van der Waals surface area contributed by atoms with Crippen LogP contribution in [0.4, 0.5) is 0 Å². The van der Waals surface area contributed by atoms with Gasteiger partial charge < -0.3 is 3.83 Å². The maximum Gasteiger partial charge on any atom is 0.349 e. The monoisotopic (exact) mass is 228 g/mol. The van der Waals surface area contributed by atoms with Crippen molar-refractivity contribution in [2.24, 2.45) is 0 Å². The minimum absolute atomic E-state index is 0.359. The molecular formula is C9H9BrO2. The fourth-order valence-electron chi connectivity index (χ4n) is 1.14. The lowest BCUT2D eigenvalue weighted by atomic mass is 10.1. The van der Waals surface area contributed by atoms with Gasteiger partial charge in [-0.05, 0) is 26.0 Å². The number of hydrogen-bond donors (Lipinski definition) is 0. The quantitative estimate of drug-likeness (QED) is 0.740. The van der Waals surface area contributed by atoms with E-state index in [9.17, 15) is 4.79 Å². The maximum atomic E-state index is 11.0. The molecule has 0 aromatic heterocycles. The van der Waals surface area contributed by atoms with Gasteiger partial charge in [-0.25, -0.2) is 4.79 Å². The average Bonchev–Trinajstić information content (AvgIpc) is 2.01. The van der Waals surface area contributed by atoms with Crippen molar-refractivity contribution in [2.75, 3.05) is 0 Å². The number of aryl methyl sites for hydroxylation is 2. The van der Waals surface area contributed by atoms with E-state index in [1.165, 1.54) is 0 Å². The molecule has 0 spiro atoms. The highest BCUT2D eigenvalue weighted by Gasteiger charge is 2.06. The van der Waals surface area contributed by atoms with Gasteiger partial charge in [0.05, 0.1) is 5.56 Å². The van der Waals surface area contributed by atoms with Crippen molar-refractivity contribution < 1.29 is 8.62 Å². The second-order valence-corrected chi connectivity index (χ2v) is 3.06. The molecule has 3 heteroatoms. The number of halogens is 1. The molecule has 0 aliphatic rings. The molecule has 0 saturated heterocycles. The van der Waals surface area contributed by atoms with Crippen LogP contribution in [0.15, 0.2) is 18.2 Å². The van der Waals surface area contributed by atoms with E-state index in [-0.39, 0.29) is 5.97 Å². The summed E-state index contributed by atoms with van der Waals surface area (Å²) in [6.07, 6.45) is 0. The Balaban J connectivity index is 3.08. The van der Waals surface area contributed by atoms with Gasteiger partial charge in [0.15, 0.2) is 16.3 Å². The van der Waals surface area contributed by atoms with E-state index in [1.54, 1.807) is 12.1 Å². The predicted molar refractivity (Wildman–Crippen MR) is 50.3 cm³/mol. The van der Waals surface area contributed by atoms with E-state index >= 15 is 0 Å². The van der Waals surface area contributed by atoms with E-state index in [1.807, 2.05) is 19.9 Å². The van der Waals surface area contributed by atoms with Crippen molar-refractivity contribution in [1.82, 2.24) is 0 Å². The zero-order valence-corrected chi connectivity index (χ0v) is 8.51. The number of carbonyl (C=O) groups is 1. The Labute approximate surface area is 80.0 Å². The summed E-state index contributed by atoms with van der Waals surface area (Å²) in [7, 11) is 0. The summed E-state index contributed by atoms with van der Waals surface area (Å²) in [6, 6.07) is 5.58. The molecule has 2 nitrogen and oxygen atoms in total. The van der Waals surface area contributed by atoms with Gasteiger partial charge >= 0.3 is 5.97 Å². The topological polar surface area (TPSA) is 26.3 Å². The first-order valence-electron chi connectivity index (χ1n) is 3.54. The minimum atomic E-state index is -0.359. The van der Waals surface area contributed by atoms with E-state index in [0.29, 0.717) is 5.56 Å². The minimum Gasteiger partial charge on any atom is -0.380 e. The summed E-state index contributed by atoms with van der Waals surface area (Å²) in [5, 5.41) is 0. The molecule has 0 aliphatic heterocycles. The highest BCUT2D eigenvalue weighted by atomic mass is 79.9. The van der Waals surface area contributed by atoms with Crippen LogP contribution < -0.4 is 0 Å². The van der Waals surface area contributed by atoms with E-state index in [4.69, 9.17) is 0 Å². The Morgan fingerprint density at radius 3 is 2.17 bits per heavy atom. The van der Waals surface area contributed by atoms with Crippen LogP contribution in [0, 0.1) is 13.8 Å². The molecule has 0 aliphatic carbocycles. The average molecular weight is 229 g/mol. The smallest absolute Gasteiger partial charge is 0.349 e. The molecule has 0 N–H and O–H groups in total. The van der Waals surface area contributed by atoms with Crippen molar-refractivity contribution in [3.05, 3.63) is 34.9 Å². The molecule has 64 valence electrons. The first-order chi connectivity index (χ1) is 5.63. The molecule has 12 heavy (non-hydrogen) atoms. The standard InChI is InChI=1S/C9H9BrO2/c1-6-3-7(2)5-8(4-6)9(11)12-10/h3-5H,1-2H3. The maximum absolute atomic E-state index is 11.0. The fraction of sp³-hybridized carbons (Fsp3) is 0.222. The number of benzene rings is 1. The third-order valence-corrected chi connectivity index (χ3v) is 1.82. The van der Waals surface area contributed by atoms with Gasteiger partial charge in [-0.1, -0.05) is 17.2 Å². The van der Waals surface area contributed by atoms with Crippen molar-refractivity contribution >= 4 is 22.2 Å². The first kappa shape index (κ1) is 9.26. The molecule has 1 aromatic carbocycles. The fourth-order valence-corrected chi connectivity index (χ4v) is 1.32. The molecule has 0 heterocycles. The molecule has 0 amide bonds. The third kappa shape index (κ3) is 2.08. The summed E-state index contributed by atoms with van der Waals surface area (Å²) in [5.41, 5.74) is 2.69. The molecular weight excluding hydrogens is 220 g/mol. The summed E-state index contributed by atoms with van der Waals surface area (Å²) >= 11 is 2.65. The summed E-state index contributed by atoms with van der Waals surface area (Å²) in [4.78, 5) is 11.0. The molecule has 0 atom stereocenters.